The van der Waals surface area contributed by atoms with Crippen molar-refractivity contribution in [1.82, 2.24) is 24.8 Å². The summed E-state index contributed by atoms with van der Waals surface area (Å²) in [7, 11) is 0. The quantitative estimate of drug-likeness (QED) is 0.829. The van der Waals surface area contributed by atoms with Crippen LogP contribution in [-0.2, 0) is 0 Å². The number of hydrogen-bond donors (Lipinski definition) is 0. The van der Waals surface area contributed by atoms with E-state index in [1.165, 1.54) is 18.4 Å². The molecular formula is C18H23N7. The van der Waals surface area contributed by atoms with Crippen LogP contribution in [0.3, 0.4) is 0 Å². The Labute approximate surface area is 147 Å². The van der Waals surface area contributed by atoms with Gasteiger partial charge in [0.05, 0.1) is 0 Å². The summed E-state index contributed by atoms with van der Waals surface area (Å²) < 4.78 is 0. The first-order valence-corrected chi connectivity index (χ1v) is 9.20. The highest BCUT2D eigenvalue weighted by Crippen LogP contribution is 2.39. The first-order valence-electron chi connectivity index (χ1n) is 9.20. The van der Waals surface area contributed by atoms with E-state index in [1.54, 1.807) is 0 Å². The van der Waals surface area contributed by atoms with Crippen molar-refractivity contribution in [3.8, 4) is 0 Å². The summed E-state index contributed by atoms with van der Waals surface area (Å²) in [5.41, 5.74) is 1.31. The second-order valence-electron chi connectivity index (χ2n) is 7.22. The topological polar surface area (TPSA) is 61.3 Å². The molecule has 7 heteroatoms. The second-order valence-corrected chi connectivity index (χ2v) is 7.22. The fourth-order valence-electron chi connectivity index (χ4n) is 3.71. The van der Waals surface area contributed by atoms with E-state index in [9.17, 15) is 0 Å². The van der Waals surface area contributed by atoms with Crippen LogP contribution in [0.5, 0.6) is 0 Å². The summed E-state index contributed by atoms with van der Waals surface area (Å²) >= 11 is 0. The Morgan fingerprint density at radius 2 is 1.40 bits per heavy atom. The molecule has 2 aliphatic heterocycles. The molecule has 0 bridgehead atoms. The van der Waals surface area contributed by atoms with Crippen molar-refractivity contribution in [2.24, 2.45) is 0 Å². The lowest BCUT2D eigenvalue weighted by molar-refractivity contribution is 0.155. The summed E-state index contributed by atoms with van der Waals surface area (Å²) in [5, 5.41) is 0. The Balaban J connectivity index is 1.12. The molecule has 5 rings (SSSR count). The van der Waals surface area contributed by atoms with E-state index in [-0.39, 0.29) is 0 Å². The van der Waals surface area contributed by atoms with Crippen LogP contribution in [-0.4, -0.2) is 70.1 Å². The largest absolute Gasteiger partial charge is 0.338 e. The van der Waals surface area contributed by atoms with Gasteiger partial charge in [0, 0.05) is 70.1 Å². The van der Waals surface area contributed by atoms with E-state index >= 15 is 0 Å². The van der Waals surface area contributed by atoms with Gasteiger partial charge in [-0.1, -0.05) is 0 Å². The van der Waals surface area contributed by atoms with Crippen molar-refractivity contribution in [3.63, 3.8) is 0 Å². The molecule has 130 valence electrons. The highest BCUT2D eigenvalue weighted by atomic mass is 15.4. The lowest BCUT2D eigenvalue weighted by Gasteiger charge is -2.48. The third-order valence-corrected chi connectivity index (χ3v) is 5.52. The van der Waals surface area contributed by atoms with Crippen LogP contribution in [0, 0.1) is 0 Å². The molecule has 1 aliphatic carbocycles. The molecule has 0 spiro atoms. The molecule has 0 unspecified atom stereocenters. The van der Waals surface area contributed by atoms with Gasteiger partial charge in [-0.05, 0) is 30.4 Å². The number of nitrogens with zero attached hydrogens (tertiary/aromatic N) is 7. The molecular weight excluding hydrogens is 314 g/mol. The maximum absolute atomic E-state index is 4.56. The molecule has 0 N–H and O–H groups in total. The number of piperazine rings is 1. The zero-order valence-corrected chi connectivity index (χ0v) is 14.3. The van der Waals surface area contributed by atoms with Gasteiger partial charge >= 0.3 is 0 Å². The van der Waals surface area contributed by atoms with E-state index in [1.807, 2.05) is 30.9 Å². The molecule has 4 heterocycles. The Hall–Kier alpha value is -2.28. The molecule has 2 saturated heterocycles. The number of anilines is 2. The normalized spacial score (nSPS) is 22.1. The van der Waals surface area contributed by atoms with Crippen LogP contribution in [0.25, 0.3) is 0 Å². The highest BCUT2D eigenvalue weighted by Gasteiger charge is 2.35. The second kappa shape index (κ2) is 6.22. The van der Waals surface area contributed by atoms with Crippen LogP contribution in [0.4, 0.5) is 11.9 Å². The monoisotopic (exact) mass is 337 g/mol. The lowest BCUT2D eigenvalue weighted by atomic mass is 10.1. The molecule has 3 fully saturated rings. The maximum atomic E-state index is 4.56. The summed E-state index contributed by atoms with van der Waals surface area (Å²) in [6.07, 6.45) is 10.3. The molecule has 0 amide bonds. The minimum absolute atomic E-state index is 0.616. The van der Waals surface area contributed by atoms with Gasteiger partial charge in [0.25, 0.3) is 0 Å². The molecule has 25 heavy (non-hydrogen) atoms. The molecule has 1 saturated carbocycles. The van der Waals surface area contributed by atoms with Crippen LogP contribution >= 0.6 is 0 Å². The van der Waals surface area contributed by atoms with E-state index < -0.39 is 0 Å². The van der Waals surface area contributed by atoms with Gasteiger partial charge in [-0.3, -0.25) is 4.90 Å². The third kappa shape index (κ3) is 3.04. The van der Waals surface area contributed by atoms with Crippen molar-refractivity contribution < 1.29 is 0 Å². The summed E-state index contributed by atoms with van der Waals surface area (Å²) in [5.74, 6) is 2.46. The smallest absolute Gasteiger partial charge is 0.225 e. The van der Waals surface area contributed by atoms with Gasteiger partial charge in [0.1, 0.15) is 0 Å². The Bertz CT molecular complexity index is 702. The van der Waals surface area contributed by atoms with Gasteiger partial charge in [0.15, 0.2) is 0 Å². The zero-order valence-electron chi connectivity index (χ0n) is 14.3. The first kappa shape index (κ1) is 15.0. The third-order valence-electron chi connectivity index (χ3n) is 5.52. The fourth-order valence-corrected chi connectivity index (χ4v) is 3.71. The SMILES string of the molecule is c1cnc(N2CCN(C3CN(c4ncc(C5CC5)cn4)C3)CC2)nc1. The number of aromatic nitrogens is 4. The van der Waals surface area contributed by atoms with E-state index in [4.69, 9.17) is 0 Å². The van der Waals surface area contributed by atoms with Crippen molar-refractivity contribution in [2.45, 2.75) is 24.8 Å². The van der Waals surface area contributed by atoms with Crippen molar-refractivity contribution in [3.05, 3.63) is 36.4 Å². The van der Waals surface area contributed by atoms with Gasteiger partial charge in [-0.25, -0.2) is 19.9 Å². The van der Waals surface area contributed by atoms with Gasteiger partial charge in [0.2, 0.25) is 11.9 Å². The minimum atomic E-state index is 0.616. The number of rotatable bonds is 4. The summed E-state index contributed by atoms with van der Waals surface area (Å²) in [6.45, 7) is 6.19. The van der Waals surface area contributed by atoms with E-state index in [0.717, 1.165) is 57.1 Å². The first-order chi connectivity index (χ1) is 12.4. The van der Waals surface area contributed by atoms with E-state index in [0.29, 0.717) is 6.04 Å². The highest BCUT2D eigenvalue weighted by molar-refractivity contribution is 5.37. The zero-order chi connectivity index (χ0) is 16.6. The Kier molecular flexibility index (Phi) is 3.73. The maximum Gasteiger partial charge on any atom is 0.225 e. The summed E-state index contributed by atoms with van der Waals surface area (Å²) in [6, 6.07) is 2.48. The van der Waals surface area contributed by atoms with Crippen molar-refractivity contribution in [2.75, 3.05) is 49.1 Å². The molecule has 0 atom stereocenters. The van der Waals surface area contributed by atoms with E-state index in [2.05, 4.69) is 34.6 Å². The van der Waals surface area contributed by atoms with Crippen LogP contribution < -0.4 is 9.80 Å². The molecule has 2 aromatic rings. The number of hydrogen-bond acceptors (Lipinski definition) is 7. The van der Waals surface area contributed by atoms with Crippen LogP contribution in [0.1, 0.15) is 24.3 Å². The minimum Gasteiger partial charge on any atom is -0.338 e. The molecule has 3 aliphatic rings. The lowest BCUT2D eigenvalue weighted by Crippen LogP contribution is -2.63. The van der Waals surface area contributed by atoms with Gasteiger partial charge in [-0.15, -0.1) is 0 Å². The fraction of sp³-hybridized carbons (Fsp3) is 0.556. The predicted octanol–water partition coefficient (Wildman–Crippen LogP) is 1.15. The average Bonchev–Trinajstić information content (AvgIpc) is 3.48. The molecule has 7 nitrogen and oxygen atoms in total. The van der Waals surface area contributed by atoms with Crippen molar-refractivity contribution >= 4 is 11.9 Å². The van der Waals surface area contributed by atoms with Gasteiger partial charge in [-0.2, -0.15) is 0 Å². The average molecular weight is 337 g/mol. The van der Waals surface area contributed by atoms with Crippen LogP contribution in [0.2, 0.25) is 0 Å². The van der Waals surface area contributed by atoms with Crippen LogP contribution in [0.15, 0.2) is 30.9 Å². The molecule has 0 aromatic carbocycles. The predicted molar refractivity (Wildman–Crippen MR) is 95.8 cm³/mol. The Morgan fingerprint density at radius 1 is 0.760 bits per heavy atom. The van der Waals surface area contributed by atoms with Gasteiger partial charge < -0.3 is 9.80 Å². The standard InChI is InChI=1S/C18H23N7/c1-4-19-17(20-5-1)24-8-6-23(7-9-24)16-12-25(13-16)18-21-10-15(11-22-18)14-2-3-14/h1,4-5,10-11,14,16H,2-3,6-9,12-13H2. The molecule has 0 radical (unpaired) electrons. The Morgan fingerprint density at radius 3 is 2.04 bits per heavy atom. The molecule has 2 aromatic heterocycles. The summed E-state index contributed by atoms with van der Waals surface area (Å²) in [4.78, 5) is 25.0. The van der Waals surface area contributed by atoms with Crippen molar-refractivity contribution in [1.29, 1.82) is 0 Å².